The van der Waals surface area contributed by atoms with Crippen molar-refractivity contribution < 1.29 is 18.5 Å². The number of benzene rings is 1. The van der Waals surface area contributed by atoms with Gasteiger partial charge in [-0.3, -0.25) is 4.79 Å². The van der Waals surface area contributed by atoms with Gasteiger partial charge >= 0.3 is 5.97 Å². The fraction of sp³-hybridized carbons (Fsp3) is 0.696. The normalized spacial score (nSPS) is 15.0. The van der Waals surface area contributed by atoms with Gasteiger partial charge in [0.1, 0.15) is 4.75 Å². The van der Waals surface area contributed by atoms with Crippen molar-refractivity contribution >= 4 is 25.6 Å². The summed E-state index contributed by atoms with van der Waals surface area (Å²) in [4.78, 5) is 11.8. The first kappa shape index (κ1) is 27.2. The summed E-state index contributed by atoms with van der Waals surface area (Å²) in [5.74, 6) is -0.227. The van der Waals surface area contributed by atoms with Crippen molar-refractivity contribution in [3.05, 3.63) is 34.9 Å². The van der Waals surface area contributed by atoms with Crippen LogP contribution in [0.2, 0.25) is 18.1 Å². The van der Waals surface area contributed by atoms with Crippen LogP contribution in [0.25, 0.3) is 0 Å². The topological polar surface area (TPSA) is 70.6 Å². The third kappa shape index (κ3) is 8.00. The van der Waals surface area contributed by atoms with E-state index in [0.717, 1.165) is 16.7 Å². The van der Waals surface area contributed by atoms with Gasteiger partial charge in [-0.1, -0.05) is 39.0 Å². The molecule has 7 heteroatoms. The minimum atomic E-state index is -1.96. The summed E-state index contributed by atoms with van der Waals surface area (Å²) in [5.41, 5.74) is 2.99. The minimum absolute atomic E-state index is 0.0965. The predicted octanol–water partition coefficient (Wildman–Crippen LogP) is 5.22. The first-order valence-electron chi connectivity index (χ1n) is 10.7. The molecule has 0 aliphatic heterocycles. The monoisotopic (exact) mass is 455 g/mol. The van der Waals surface area contributed by atoms with E-state index in [-0.39, 0.29) is 28.2 Å². The molecule has 0 fully saturated rings. The standard InChI is InChI=1S/C23H41NO4SSi/c1-11-27-21(25)15-18-12-13-19(17(2)14-18)20(24-29(26)22(3,4)5)16-28-30(9,10)23(6,7)8/h12-14,20,24H,11,15-16H2,1-10H3/t20-,29+/m1/s1. The number of rotatable bonds is 9. The number of nitrogens with one attached hydrogen (secondary N) is 1. The van der Waals surface area contributed by atoms with Crippen molar-refractivity contribution in [1.82, 2.24) is 4.72 Å². The molecule has 0 radical (unpaired) electrons. The van der Waals surface area contributed by atoms with Crippen LogP contribution < -0.4 is 4.72 Å². The van der Waals surface area contributed by atoms with Crippen LogP contribution in [0.4, 0.5) is 0 Å². The van der Waals surface area contributed by atoms with Gasteiger partial charge in [0.2, 0.25) is 0 Å². The summed E-state index contributed by atoms with van der Waals surface area (Å²) in [5, 5.41) is 0.0965. The van der Waals surface area contributed by atoms with Crippen LogP contribution in [-0.4, -0.2) is 36.8 Å². The Morgan fingerprint density at radius 1 is 1.20 bits per heavy atom. The van der Waals surface area contributed by atoms with Crippen LogP contribution >= 0.6 is 0 Å². The highest BCUT2D eigenvalue weighted by atomic mass is 32.2. The van der Waals surface area contributed by atoms with Crippen LogP contribution in [-0.2, 0) is 31.7 Å². The van der Waals surface area contributed by atoms with Crippen molar-refractivity contribution in [1.29, 1.82) is 0 Å². The molecule has 0 spiro atoms. The smallest absolute Gasteiger partial charge is 0.310 e. The Hall–Kier alpha value is -0.863. The first-order chi connectivity index (χ1) is 13.6. The molecule has 0 aliphatic carbocycles. The molecule has 0 saturated heterocycles. The van der Waals surface area contributed by atoms with E-state index in [1.807, 2.05) is 45.9 Å². The van der Waals surface area contributed by atoms with E-state index in [0.29, 0.717) is 13.2 Å². The molecule has 0 heterocycles. The molecule has 0 amide bonds. The van der Waals surface area contributed by atoms with Crippen molar-refractivity contribution in [2.24, 2.45) is 0 Å². The lowest BCUT2D eigenvalue weighted by Gasteiger charge is -2.38. The van der Waals surface area contributed by atoms with Crippen LogP contribution in [0.5, 0.6) is 0 Å². The number of ether oxygens (including phenoxy) is 1. The highest BCUT2D eigenvalue weighted by Gasteiger charge is 2.39. The molecule has 1 aromatic carbocycles. The summed E-state index contributed by atoms with van der Waals surface area (Å²) in [7, 11) is -1.96. The summed E-state index contributed by atoms with van der Waals surface area (Å²) in [6.45, 7) is 21.6. The van der Waals surface area contributed by atoms with Crippen molar-refractivity contribution in [3.63, 3.8) is 0 Å². The van der Waals surface area contributed by atoms with Gasteiger partial charge in [-0.2, -0.15) is 0 Å². The number of esters is 1. The van der Waals surface area contributed by atoms with Crippen LogP contribution in [0.1, 0.15) is 71.2 Å². The van der Waals surface area contributed by atoms with E-state index in [1.165, 1.54) is 0 Å². The van der Waals surface area contributed by atoms with Gasteiger partial charge in [0, 0.05) is 11.4 Å². The Morgan fingerprint density at radius 2 is 1.80 bits per heavy atom. The van der Waals surface area contributed by atoms with Gasteiger partial charge in [-0.25, -0.2) is 0 Å². The van der Waals surface area contributed by atoms with Crippen LogP contribution in [0.3, 0.4) is 0 Å². The molecule has 0 unspecified atom stereocenters. The van der Waals surface area contributed by atoms with E-state index in [1.54, 1.807) is 6.92 Å². The van der Waals surface area contributed by atoms with Gasteiger partial charge in [0.15, 0.2) is 8.32 Å². The Bertz CT molecular complexity index is 710. The van der Waals surface area contributed by atoms with Gasteiger partial charge in [-0.15, -0.1) is 4.72 Å². The molecule has 1 rings (SSSR count). The van der Waals surface area contributed by atoms with Gasteiger partial charge in [-0.05, 0) is 69.4 Å². The molecule has 0 saturated carbocycles. The van der Waals surface area contributed by atoms with Gasteiger partial charge < -0.3 is 13.7 Å². The number of aryl methyl sites for hydroxylation is 1. The van der Waals surface area contributed by atoms with Crippen molar-refractivity contribution in [2.45, 2.75) is 90.7 Å². The first-order valence-corrected chi connectivity index (χ1v) is 14.7. The number of hydrogen-bond acceptors (Lipinski definition) is 5. The molecule has 30 heavy (non-hydrogen) atoms. The molecule has 1 N–H and O–H groups in total. The highest BCUT2D eigenvalue weighted by molar-refractivity contribution is 7.90. The maximum Gasteiger partial charge on any atom is 0.310 e. The Balaban J connectivity index is 3.13. The van der Waals surface area contributed by atoms with E-state index in [2.05, 4.69) is 38.6 Å². The fourth-order valence-electron chi connectivity index (χ4n) is 2.62. The molecule has 0 aliphatic rings. The molecule has 0 aromatic heterocycles. The molecule has 2 atom stereocenters. The lowest BCUT2D eigenvalue weighted by atomic mass is 9.99. The zero-order chi connectivity index (χ0) is 23.3. The summed E-state index contributed by atoms with van der Waals surface area (Å²) in [6, 6.07) is 5.76. The van der Waals surface area contributed by atoms with Crippen molar-refractivity contribution in [3.8, 4) is 0 Å². The average Bonchev–Trinajstić information content (AvgIpc) is 2.57. The van der Waals surface area contributed by atoms with E-state index in [9.17, 15) is 9.35 Å². The SMILES string of the molecule is CCOC(=O)Cc1ccc([C@@H](CO[Si](C)(C)C(C)(C)C)N[S@@+]([O-])C(C)(C)C)c(C)c1. The minimum Gasteiger partial charge on any atom is -0.598 e. The quantitative estimate of drug-likeness (QED) is 0.314. The number of carbonyl (C=O) groups excluding carboxylic acids is 1. The lowest BCUT2D eigenvalue weighted by Crippen LogP contribution is -2.46. The number of hydrogen-bond donors (Lipinski definition) is 1. The third-order valence-corrected chi connectivity index (χ3v) is 11.7. The second-order valence-electron chi connectivity index (χ2n) is 10.3. The van der Waals surface area contributed by atoms with Gasteiger partial charge in [0.05, 0.1) is 25.7 Å². The fourth-order valence-corrected chi connectivity index (χ4v) is 4.44. The Kier molecular flexibility index (Phi) is 9.63. The van der Waals surface area contributed by atoms with E-state index < -0.39 is 19.7 Å². The number of carbonyl (C=O) groups is 1. The predicted molar refractivity (Wildman–Crippen MR) is 128 cm³/mol. The molecular formula is C23H41NO4SSi. The van der Waals surface area contributed by atoms with Crippen LogP contribution in [0.15, 0.2) is 18.2 Å². The molecule has 1 aromatic rings. The zero-order valence-electron chi connectivity index (χ0n) is 20.5. The Labute approximate surface area is 187 Å². The Morgan fingerprint density at radius 3 is 2.27 bits per heavy atom. The second kappa shape index (κ2) is 10.6. The summed E-state index contributed by atoms with van der Waals surface area (Å²) >= 11 is -1.23. The third-order valence-electron chi connectivity index (χ3n) is 5.59. The molecule has 172 valence electrons. The zero-order valence-corrected chi connectivity index (χ0v) is 22.3. The lowest BCUT2D eigenvalue weighted by molar-refractivity contribution is -0.142. The molecule has 5 nitrogen and oxygen atoms in total. The van der Waals surface area contributed by atoms with Crippen LogP contribution in [0, 0.1) is 6.92 Å². The second-order valence-corrected chi connectivity index (χ2v) is 17.1. The maximum absolute atomic E-state index is 12.9. The molecular weight excluding hydrogens is 414 g/mol. The maximum atomic E-state index is 12.9. The van der Waals surface area contributed by atoms with E-state index in [4.69, 9.17) is 9.16 Å². The largest absolute Gasteiger partial charge is 0.598 e. The van der Waals surface area contributed by atoms with Gasteiger partial charge in [0.25, 0.3) is 0 Å². The summed E-state index contributed by atoms with van der Waals surface area (Å²) in [6.07, 6.45) is 0.251. The van der Waals surface area contributed by atoms with Crippen molar-refractivity contribution in [2.75, 3.05) is 13.2 Å². The molecule has 0 bridgehead atoms. The summed E-state index contributed by atoms with van der Waals surface area (Å²) < 4.78 is 27.3. The van der Waals surface area contributed by atoms with E-state index >= 15 is 0 Å². The highest BCUT2D eigenvalue weighted by Crippen LogP contribution is 2.37. The average molecular weight is 456 g/mol.